The summed E-state index contributed by atoms with van der Waals surface area (Å²) < 4.78 is 11.0. The molecule has 0 saturated carbocycles. The Morgan fingerprint density at radius 2 is 1.53 bits per heavy atom. The second-order valence-corrected chi connectivity index (χ2v) is 8.75. The molecule has 1 aromatic heterocycles. The number of para-hydroxylation sites is 1. The first-order chi connectivity index (χ1) is 16.5. The number of Topliss-reactive ketones (excluding diaryl/α,β-unsaturated/α-hetero) is 1. The van der Waals surface area contributed by atoms with E-state index in [2.05, 4.69) is 0 Å². The van der Waals surface area contributed by atoms with E-state index in [0.29, 0.717) is 28.2 Å². The van der Waals surface area contributed by atoms with Gasteiger partial charge in [-0.3, -0.25) is 4.79 Å². The summed E-state index contributed by atoms with van der Waals surface area (Å²) in [6, 6.07) is 24.7. The fraction of sp³-hybridized carbons (Fsp3) is 0.143. The summed E-state index contributed by atoms with van der Waals surface area (Å²) in [7, 11) is 1.36. The number of thiophene rings is 1. The number of methoxy groups -OCH3 is 1. The van der Waals surface area contributed by atoms with Crippen molar-refractivity contribution < 1.29 is 24.2 Å². The number of hydrogen-bond acceptors (Lipinski definition) is 6. The van der Waals surface area contributed by atoms with Crippen molar-refractivity contribution in [3.05, 3.63) is 117 Å². The number of benzene rings is 3. The second kappa shape index (κ2) is 10.4. The lowest BCUT2D eigenvalue weighted by molar-refractivity contribution is 0.0600. The van der Waals surface area contributed by atoms with Crippen LogP contribution in [0.3, 0.4) is 0 Å². The number of hydrogen-bond donors (Lipinski definition) is 1. The maximum atomic E-state index is 11.9. The fourth-order valence-electron chi connectivity index (χ4n) is 3.63. The highest BCUT2D eigenvalue weighted by molar-refractivity contribution is 7.10. The Kier molecular flexibility index (Phi) is 7.09. The predicted molar refractivity (Wildman–Crippen MR) is 132 cm³/mol. The number of carbonyl (C=O) groups is 2. The van der Waals surface area contributed by atoms with E-state index < -0.39 is 6.10 Å². The van der Waals surface area contributed by atoms with Gasteiger partial charge in [0.2, 0.25) is 0 Å². The summed E-state index contributed by atoms with van der Waals surface area (Å²) in [6.45, 7) is 1.44. The molecule has 1 N–H and O–H groups in total. The van der Waals surface area contributed by atoms with Gasteiger partial charge < -0.3 is 14.6 Å². The van der Waals surface area contributed by atoms with E-state index in [9.17, 15) is 14.7 Å². The van der Waals surface area contributed by atoms with Crippen molar-refractivity contribution in [2.45, 2.75) is 19.4 Å². The van der Waals surface area contributed by atoms with Crippen molar-refractivity contribution in [1.82, 2.24) is 0 Å². The lowest BCUT2D eigenvalue weighted by Crippen LogP contribution is -2.08. The van der Waals surface area contributed by atoms with Gasteiger partial charge in [0.25, 0.3) is 0 Å². The normalized spacial score (nSPS) is 11.6. The summed E-state index contributed by atoms with van der Waals surface area (Å²) in [5.74, 6) is 0.0878. The number of ketones is 1. The molecule has 5 nitrogen and oxygen atoms in total. The molecule has 0 spiro atoms. The van der Waals surface area contributed by atoms with E-state index in [1.165, 1.54) is 25.4 Å². The van der Waals surface area contributed by atoms with Gasteiger partial charge in [-0.15, -0.1) is 11.3 Å². The molecule has 0 amide bonds. The second-order valence-electron chi connectivity index (χ2n) is 7.84. The molecule has 6 heteroatoms. The largest absolute Gasteiger partial charge is 0.506 e. The Morgan fingerprint density at radius 3 is 2.09 bits per heavy atom. The highest BCUT2D eigenvalue weighted by Gasteiger charge is 2.25. The number of esters is 1. The van der Waals surface area contributed by atoms with Crippen molar-refractivity contribution in [3.63, 3.8) is 0 Å². The third kappa shape index (κ3) is 5.18. The smallest absolute Gasteiger partial charge is 0.337 e. The summed E-state index contributed by atoms with van der Waals surface area (Å²) in [5.41, 5.74) is 3.84. The number of carbonyl (C=O) groups excluding carboxylic acids is 2. The molecular weight excluding hydrogens is 448 g/mol. The van der Waals surface area contributed by atoms with E-state index in [0.717, 1.165) is 16.7 Å². The third-order valence-corrected chi connectivity index (χ3v) is 6.49. The molecule has 4 aromatic rings. The monoisotopic (exact) mass is 472 g/mol. The minimum Gasteiger partial charge on any atom is -0.506 e. The topological polar surface area (TPSA) is 72.8 Å². The Hall–Kier alpha value is -3.90. The van der Waals surface area contributed by atoms with Crippen molar-refractivity contribution in [1.29, 1.82) is 0 Å². The molecule has 4 rings (SSSR count). The third-order valence-electron chi connectivity index (χ3n) is 5.47. The summed E-state index contributed by atoms with van der Waals surface area (Å²) in [6.07, 6.45) is 0.138. The molecule has 3 aromatic carbocycles. The van der Waals surface area contributed by atoms with E-state index in [1.54, 1.807) is 17.5 Å². The molecule has 0 radical (unpaired) electrons. The first-order valence-electron chi connectivity index (χ1n) is 10.8. The van der Waals surface area contributed by atoms with Crippen molar-refractivity contribution in [2.75, 3.05) is 7.11 Å². The Morgan fingerprint density at radius 1 is 0.912 bits per heavy atom. The highest BCUT2D eigenvalue weighted by Crippen LogP contribution is 2.40. The van der Waals surface area contributed by atoms with Gasteiger partial charge in [0, 0.05) is 5.38 Å². The van der Waals surface area contributed by atoms with Crippen LogP contribution in [0.5, 0.6) is 11.5 Å². The SMILES string of the molecule is COC(=O)c1ccc(Cc2ccc(C(Oc3ccccc3)c3scc(C(C)=O)c3O)cc2)cc1. The van der Waals surface area contributed by atoms with E-state index in [-0.39, 0.29) is 17.5 Å². The van der Waals surface area contributed by atoms with Crippen LogP contribution >= 0.6 is 11.3 Å². The molecule has 1 heterocycles. The van der Waals surface area contributed by atoms with Crippen LogP contribution in [0.25, 0.3) is 0 Å². The minimum atomic E-state index is -0.561. The molecule has 0 bridgehead atoms. The van der Waals surface area contributed by atoms with Gasteiger partial charge >= 0.3 is 5.97 Å². The molecule has 34 heavy (non-hydrogen) atoms. The Bertz CT molecular complexity index is 1270. The van der Waals surface area contributed by atoms with Crippen molar-refractivity contribution in [2.24, 2.45) is 0 Å². The molecule has 172 valence electrons. The van der Waals surface area contributed by atoms with Gasteiger partial charge in [-0.2, -0.15) is 0 Å². The summed E-state index contributed by atoms with van der Waals surface area (Å²) in [5, 5.41) is 12.4. The van der Waals surface area contributed by atoms with Gasteiger partial charge in [0.05, 0.1) is 23.1 Å². The van der Waals surface area contributed by atoms with Crippen molar-refractivity contribution in [3.8, 4) is 11.5 Å². The molecule has 1 atom stereocenters. The van der Waals surface area contributed by atoms with Crippen LogP contribution in [0.4, 0.5) is 0 Å². The van der Waals surface area contributed by atoms with Crippen molar-refractivity contribution >= 4 is 23.1 Å². The minimum absolute atomic E-state index is 0.0341. The number of ether oxygens (including phenoxy) is 2. The van der Waals surface area contributed by atoms with Crippen LogP contribution in [-0.2, 0) is 11.2 Å². The molecule has 0 fully saturated rings. The molecule has 0 saturated heterocycles. The van der Waals surface area contributed by atoms with Gasteiger partial charge in [0.15, 0.2) is 11.9 Å². The lowest BCUT2D eigenvalue weighted by Gasteiger charge is -2.19. The van der Waals surface area contributed by atoms with Crippen LogP contribution in [0.2, 0.25) is 0 Å². The van der Waals surface area contributed by atoms with Crippen LogP contribution in [0, 0.1) is 0 Å². The molecular formula is C28H24O5S. The fourth-order valence-corrected chi connectivity index (χ4v) is 4.68. The van der Waals surface area contributed by atoms with E-state index in [1.807, 2.05) is 66.7 Å². The van der Waals surface area contributed by atoms with Gasteiger partial charge in [-0.05, 0) is 54.3 Å². The Balaban J connectivity index is 1.59. The van der Waals surface area contributed by atoms with Gasteiger partial charge in [0.1, 0.15) is 11.5 Å². The number of rotatable bonds is 8. The maximum Gasteiger partial charge on any atom is 0.337 e. The predicted octanol–water partition coefficient (Wildman–Crippen LogP) is 6.20. The molecule has 0 aliphatic heterocycles. The average Bonchev–Trinajstić information content (AvgIpc) is 3.25. The summed E-state index contributed by atoms with van der Waals surface area (Å²) >= 11 is 1.31. The van der Waals surface area contributed by atoms with Crippen LogP contribution in [0.15, 0.2) is 84.2 Å². The highest BCUT2D eigenvalue weighted by atomic mass is 32.1. The molecule has 0 aliphatic rings. The first kappa shape index (κ1) is 23.3. The van der Waals surface area contributed by atoms with E-state index >= 15 is 0 Å². The van der Waals surface area contributed by atoms with Gasteiger partial charge in [-0.1, -0.05) is 54.6 Å². The quantitative estimate of drug-likeness (QED) is 0.244. The maximum absolute atomic E-state index is 11.9. The van der Waals surface area contributed by atoms with Crippen LogP contribution in [-0.4, -0.2) is 24.0 Å². The average molecular weight is 473 g/mol. The molecule has 1 unspecified atom stereocenters. The lowest BCUT2D eigenvalue weighted by atomic mass is 10.00. The van der Waals surface area contributed by atoms with Gasteiger partial charge in [-0.25, -0.2) is 4.79 Å². The standard InChI is InChI=1S/C28H24O5S/c1-18(29)24-17-34-27(25(24)30)26(33-23-6-4-3-5-7-23)21-12-8-19(9-13-21)16-20-10-14-22(15-11-20)28(31)32-2/h3-15,17,26,30H,16H2,1-2H3. The number of aromatic hydroxyl groups is 1. The molecule has 0 aliphatic carbocycles. The van der Waals surface area contributed by atoms with Crippen LogP contribution < -0.4 is 4.74 Å². The Labute approximate surface area is 202 Å². The zero-order valence-corrected chi connectivity index (χ0v) is 19.7. The van der Waals surface area contributed by atoms with Crippen LogP contribution in [0.1, 0.15) is 55.3 Å². The first-order valence-corrected chi connectivity index (χ1v) is 11.6. The summed E-state index contributed by atoms with van der Waals surface area (Å²) in [4.78, 5) is 24.1. The van der Waals surface area contributed by atoms with E-state index in [4.69, 9.17) is 9.47 Å². The zero-order chi connectivity index (χ0) is 24.1. The zero-order valence-electron chi connectivity index (χ0n) is 18.9.